The average molecular weight is 293 g/mol. The predicted molar refractivity (Wildman–Crippen MR) is 66.9 cm³/mol. The Balaban J connectivity index is 2.72. The number of imide groups is 1. The van der Waals surface area contributed by atoms with E-state index >= 15 is 0 Å². The van der Waals surface area contributed by atoms with E-state index in [-0.39, 0.29) is 18.9 Å². The zero-order valence-electron chi connectivity index (χ0n) is 11.5. The van der Waals surface area contributed by atoms with Crippen LogP contribution in [0.2, 0.25) is 0 Å². The molecule has 1 unspecified atom stereocenters. The molecule has 0 spiro atoms. The lowest BCUT2D eigenvalue weighted by molar-refractivity contribution is -0.128. The molecular weight excluding hydrogens is 274 g/mol. The van der Waals surface area contributed by atoms with E-state index in [9.17, 15) is 18.0 Å². The molecule has 0 aromatic carbocycles. The summed E-state index contributed by atoms with van der Waals surface area (Å²) in [4.78, 5) is 24.5. The number of ether oxygens (including phenoxy) is 1. The summed E-state index contributed by atoms with van der Waals surface area (Å²) in [6, 6.07) is -0.600. The van der Waals surface area contributed by atoms with Crippen molar-refractivity contribution in [1.82, 2.24) is 4.90 Å². The molecule has 1 atom stereocenters. The Labute approximate surface area is 113 Å². The van der Waals surface area contributed by atoms with E-state index < -0.39 is 27.9 Å². The lowest BCUT2D eigenvalue weighted by Crippen LogP contribution is -2.44. The third-order valence-electron chi connectivity index (χ3n) is 2.39. The van der Waals surface area contributed by atoms with E-state index in [1.165, 1.54) is 0 Å². The van der Waals surface area contributed by atoms with E-state index in [4.69, 9.17) is 4.74 Å². The van der Waals surface area contributed by atoms with Crippen molar-refractivity contribution < 1.29 is 26.9 Å². The minimum atomic E-state index is -3.60. The fourth-order valence-electron chi connectivity index (χ4n) is 1.67. The number of hydrogen-bond donors (Lipinski definition) is 0. The SMILES string of the molecule is CC(C)(C)OC(=O)N1C(=O)CCC1COS(C)(=O)=O. The number of hydrogen-bond acceptors (Lipinski definition) is 6. The molecular formula is C11H19NO6S. The number of amides is 2. The number of nitrogens with zero attached hydrogens (tertiary/aromatic N) is 1. The van der Waals surface area contributed by atoms with Crippen molar-refractivity contribution in [3.8, 4) is 0 Å². The molecule has 0 bridgehead atoms. The standard InChI is InChI=1S/C11H19NO6S/c1-11(2,3)18-10(14)12-8(5-6-9(12)13)7-17-19(4,15)16/h8H,5-7H2,1-4H3. The normalized spacial score (nSPS) is 20.7. The van der Waals surface area contributed by atoms with Crippen LogP contribution in [-0.4, -0.2) is 49.8 Å². The first-order chi connectivity index (χ1) is 8.49. The molecule has 19 heavy (non-hydrogen) atoms. The van der Waals surface area contributed by atoms with Crippen LogP contribution >= 0.6 is 0 Å². The first-order valence-corrected chi connectivity index (χ1v) is 7.71. The summed E-state index contributed by atoms with van der Waals surface area (Å²) in [7, 11) is -3.60. The highest BCUT2D eigenvalue weighted by atomic mass is 32.2. The molecule has 1 aliphatic rings. The van der Waals surface area contributed by atoms with Crippen LogP contribution in [0.3, 0.4) is 0 Å². The van der Waals surface area contributed by atoms with Gasteiger partial charge < -0.3 is 4.74 Å². The number of rotatable bonds is 3. The lowest BCUT2D eigenvalue weighted by Gasteiger charge is -2.26. The van der Waals surface area contributed by atoms with E-state index in [2.05, 4.69) is 4.18 Å². The van der Waals surface area contributed by atoms with Gasteiger partial charge in [0, 0.05) is 6.42 Å². The van der Waals surface area contributed by atoms with Gasteiger partial charge in [0.1, 0.15) is 5.60 Å². The molecule has 0 aliphatic carbocycles. The maximum Gasteiger partial charge on any atom is 0.417 e. The summed E-state index contributed by atoms with van der Waals surface area (Å²) >= 11 is 0. The van der Waals surface area contributed by atoms with Crippen LogP contribution in [0.1, 0.15) is 33.6 Å². The van der Waals surface area contributed by atoms with Crippen LogP contribution in [-0.2, 0) is 23.8 Å². The summed E-state index contributed by atoms with van der Waals surface area (Å²) in [6.45, 7) is 4.83. The fraction of sp³-hybridized carbons (Fsp3) is 0.818. The topological polar surface area (TPSA) is 90.0 Å². The van der Waals surface area contributed by atoms with Gasteiger partial charge in [-0.05, 0) is 27.2 Å². The minimum Gasteiger partial charge on any atom is -0.443 e. The van der Waals surface area contributed by atoms with E-state index in [1.54, 1.807) is 20.8 Å². The molecule has 1 aliphatic heterocycles. The van der Waals surface area contributed by atoms with Crippen LogP contribution in [0.4, 0.5) is 4.79 Å². The van der Waals surface area contributed by atoms with Gasteiger partial charge in [-0.25, -0.2) is 9.69 Å². The molecule has 110 valence electrons. The largest absolute Gasteiger partial charge is 0.443 e. The Morgan fingerprint density at radius 2 is 2.00 bits per heavy atom. The number of carbonyl (C=O) groups is 2. The molecule has 0 radical (unpaired) electrons. The molecule has 0 aromatic rings. The quantitative estimate of drug-likeness (QED) is 0.718. The smallest absolute Gasteiger partial charge is 0.417 e. The van der Waals surface area contributed by atoms with Gasteiger partial charge in [0.25, 0.3) is 10.1 Å². The van der Waals surface area contributed by atoms with Gasteiger partial charge in [0.05, 0.1) is 18.9 Å². The third kappa shape index (κ3) is 5.15. The average Bonchev–Trinajstić information content (AvgIpc) is 2.52. The summed E-state index contributed by atoms with van der Waals surface area (Å²) in [5.41, 5.74) is -0.720. The van der Waals surface area contributed by atoms with Crippen molar-refractivity contribution in [3.05, 3.63) is 0 Å². The van der Waals surface area contributed by atoms with Gasteiger partial charge in [0.2, 0.25) is 5.91 Å². The summed E-state index contributed by atoms with van der Waals surface area (Å²) in [6.07, 6.45) is 0.698. The van der Waals surface area contributed by atoms with Gasteiger partial charge in [-0.1, -0.05) is 0 Å². The Morgan fingerprint density at radius 3 is 2.47 bits per heavy atom. The third-order valence-corrected chi connectivity index (χ3v) is 2.95. The van der Waals surface area contributed by atoms with Crippen molar-refractivity contribution in [1.29, 1.82) is 0 Å². The zero-order valence-corrected chi connectivity index (χ0v) is 12.3. The number of carbonyl (C=O) groups excluding carboxylic acids is 2. The number of likely N-dealkylation sites (tertiary alicyclic amines) is 1. The van der Waals surface area contributed by atoms with Crippen LogP contribution in [0.5, 0.6) is 0 Å². The van der Waals surface area contributed by atoms with Crippen molar-refractivity contribution in [2.75, 3.05) is 12.9 Å². The van der Waals surface area contributed by atoms with Crippen LogP contribution in [0.25, 0.3) is 0 Å². The second kappa shape index (κ2) is 5.46. The molecule has 1 heterocycles. The van der Waals surface area contributed by atoms with Gasteiger partial charge in [-0.3, -0.25) is 8.98 Å². The first kappa shape index (κ1) is 15.9. The second-order valence-corrected chi connectivity index (χ2v) is 7.07. The Kier molecular flexibility index (Phi) is 4.57. The fourth-order valence-corrected chi connectivity index (χ4v) is 2.07. The van der Waals surface area contributed by atoms with Crippen LogP contribution < -0.4 is 0 Å². The molecule has 0 saturated carbocycles. The van der Waals surface area contributed by atoms with Crippen molar-refractivity contribution in [3.63, 3.8) is 0 Å². The molecule has 1 rings (SSSR count). The van der Waals surface area contributed by atoms with E-state index in [1.807, 2.05) is 0 Å². The lowest BCUT2D eigenvalue weighted by atomic mass is 10.2. The highest BCUT2D eigenvalue weighted by Crippen LogP contribution is 2.22. The molecule has 1 saturated heterocycles. The minimum absolute atomic E-state index is 0.178. The monoisotopic (exact) mass is 293 g/mol. The van der Waals surface area contributed by atoms with Gasteiger partial charge >= 0.3 is 6.09 Å². The van der Waals surface area contributed by atoms with Gasteiger partial charge in [-0.15, -0.1) is 0 Å². The zero-order chi connectivity index (χ0) is 14.8. The van der Waals surface area contributed by atoms with Crippen molar-refractivity contribution in [2.24, 2.45) is 0 Å². The van der Waals surface area contributed by atoms with Crippen molar-refractivity contribution in [2.45, 2.75) is 45.3 Å². The molecule has 7 nitrogen and oxygen atoms in total. The first-order valence-electron chi connectivity index (χ1n) is 5.89. The van der Waals surface area contributed by atoms with Crippen molar-refractivity contribution >= 4 is 22.1 Å². The highest BCUT2D eigenvalue weighted by Gasteiger charge is 2.39. The Hall–Kier alpha value is -1.15. The Morgan fingerprint density at radius 1 is 1.42 bits per heavy atom. The molecule has 1 fully saturated rings. The van der Waals surface area contributed by atoms with E-state index in [0.717, 1.165) is 11.2 Å². The summed E-state index contributed by atoms with van der Waals surface area (Å²) < 4.78 is 31.6. The predicted octanol–water partition coefficient (Wildman–Crippen LogP) is 0.889. The summed E-state index contributed by atoms with van der Waals surface area (Å²) in [5.74, 6) is -0.378. The molecule has 0 N–H and O–H groups in total. The van der Waals surface area contributed by atoms with E-state index in [0.29, 0.717) is 6.42 Å². The van der Waals surface area contributed by atoms with Crippen LogP contribution in [0.15, 0.2) is 0 Å². The molecule has 0 aromatic heterocycles. The Bertz CT molecular complexity index is 464. The molecule has 8 heteroatoms. The second-order valence-electron chi connectivity index (χ2n) is 5.43. The maximum atomic E-state index is 11.9. The maximum absolute atomic E-state index is 11.9. The summed E-state index contributed by atoms with van der Waals surface area (Å²) in [5, 5.41) is 0. The van der Waals surface area contributed by atoms with Gasteiger partial charge in [0.15, 0.2) is 0 Å². The van der Waals surface area contributed by atoms with Crippen LogP contribution in [0, 0.1) is 0 Å². The highest BCUT2D eigenvalue weighted by molar-refractivity contribution is 7.85. The molecule has 2 amide bonds. The van der Waals surface area contributed by atoms with Gasteiger partial charge in [-0.2, -0.15) is 8.42 Å².